The van der Waals surface area contributed by atoms with Crippen molar-refractivity contribution in [2.75, 3.05) is 13.2 Å². The Kier molecular flexibility index (Phi) is 5.48. The van der Waals surface area contributed by atoms with Gasteiger partial charge in [0.15, 0.2) is 0 Å². The highest BCUT2D eigenvalue weighted by atomic mass is 16.5. The van der Waals surface area contributed by atoms with Crippen LogP contribution < -0.4 is 15.2 Å². The summed E-state index contributed by atoms with van der Waals surface area (Å²) in [5.74, 6) is 1.75. The second kappa shape index (κ2) is 6.87. The first-order valence-electron chi connectivity index (χ1n) is 6.33. The highest BCUT2D eigenvalue weighted by molar-refractivity contribution is 5.85. The molecule has 0 aromatic heterocycles. The highest BCUT2D eigenvalue weighted by Gasteiger charge is 2.23. The average molecular weight is 266 g/mol. The summed E-state index contributed by atoms with van der Waals surface area (Å²) < 4.78 is 11.0. The molecule has 0 aliphatic rings. The van der Waals surface area contributed by atoms with Crippen molar-refractivity contribution < 1.29 is 14.7 Å². The lowest BCUT2D eigenvalue weighted by Crippen LogP contribution is -2.33. The smallest absolute Gasteiger partial charge is 0.144 e. The Morgan fingerprint density at radius 1 is 1.32 bits per heavy atom. The van der Waals surface area contributed by atoms with E-state index in [2.05, 4.69) is 5.16 Å². The summed E-state index contributed by atoms with van der Waals surface area (Å²) >= 11 is 0. The van der Waals surface area contributed by atoms with Gasteiger partial charge in [-0.2, -0.15) is 0 Å². The molecule has 0 saturated heterocycles. The Bertz CT molecular complexity index is 430. The number of ether oxygens (including phenoxy) is 2. The third-order valence-corrected chi connectivity index (χ3v) is 2.91. The second-order valence-corrected chi connectivity index (χ2v) is 4.88. The molecule has 106 valence electrons. The van der Waals surface area contributed by atoms with E-state index in [1.165, 1.54) is 0 Å². The van der Waals surface area contributed by atoms with Crippen molar-refractivity contribution >= 4 is 5.84 Å². The second-order valence-electron chi connectivity index (χ2n) is 4.88. The third kappa shape index (κ3) is 4.69. The molecule has 0 atom stereocenters. The van der Waals surface area contributed by atoms with Gasteiger partial charge >= 0.3 is 0 Å². The summed E-state index contributed by atoms with van der Waals surface area (Å²) in [4.78, 5) is 0. The van der Waals surface area contributed by atoms with Gasteiger partial charge in [0.25, 0.3) is 0 Å². The van der Waals surface area contributed by atoms with E-state index in [0.717, 1.165) is 11.5 Å². The van der Waals surface area contributed by atoms with E-state index in [1.807, 2.05) is 45.0 Å². The van der Waals surface area contributed by atoms with E-state index < -0.39 is 5.41 Å². The van der Waals surface area contributed by atoms with Gasteiger partial charge in [0.1, 0.15) is 17.3 Å². The fourth-order valence-electron chi connectivity index (χ4n) is 1.51. The summed E-state index contributed by atoms with van der Waals surface area (Å²) in [7, 11) is 0. The molecule has 0 amide bonds. The van der Waals surface area contributed by atoms with Crippen LogP contribution in [0.3, 0.4) is 0 Å². The Labute approximate surface area is 114 Å². The number of nitrogens with two attached hydrogens (primary N) is 1. The van der Waals surface area contributed by atoms with Crippen molar-refractivity contribution in [3.05, 3.63) is 24.3 Å². The fraction of sp³-hybridized carbons (Fsp3) is 0.500. The van der Waals surface area contributed by atoms with Crippen LogP contribution in [0.5, 0.6) is 11.5 Å². The summed E-state index contributed by atoms with van der Waals surface area (Å²) in [6.07, 6.45) is 0.655. The summed E-state index contributed by atoms with van der Waals surface area (Å²) in [5.41, 5.74) is 5.22. The van der Waals surface area contributed by atoms with Crippen molar-refractivity contribution in [3.8, 4) is 11.5 Å². The molecule has 0 fully saturated rings. The van der Waals surface area contributed by atoms with Crippen molar-refractivity contribution in [1.82, 2.24) is 0 Å². The largest absolute Gasteiger partial charge is 0.494 e. The lowest BCUT2D eigenvalue weighted by molar-refractivity contribution is 0.258. The third-order valence-electron chi connectivity index (χ3n) is 2.91. The van der Waals surface area contributed by atoms with E-state index in [-0.39, 0.29) is 5.84 Å². The monoisotopic (exact) mass is 266 g/mol. The summed E-state index contributed by atoms with van der Waals surface area (Å²) in [6, 6.07) is 7.49. The number of hydrogen-bond donors (Lipinski definition) is 2. The molecule has 3 N–H and O–H groups in total. The Morgan fingerprint density at radius 3 is 2.53 bits per heavy atom. The molecule has 5 heteroatoms. The van der Waals surface area contributed by atoms with Gasteiger partial charge in [-0.05, 0) is 25.5 Å². The van der Waals surface area contributed by atoms with Crippen LogP contribution in [0.1, 0.15) is 27.2 Å². The maximum atomic E-state index is 8.69. The van der Waals surface area contributed by atoms with Gasteiger partial charge in [-0.3, -0.25) is 0 Å². The molecule has 1 aromatic rings. The maximum Gasteiger partial charge on any atom is 0.144 e. The molecular weight excluding hydrogens is 244 g/mol. The van der Waals surface area contributed by atoms with Crippen LogP contribution in [-0.2, 0) is 0 Å². The zero-order chi connectivity index (χ0) is 14.3. The fourth-order valence-corrected chi connectivity index (χ4v) is 1.51. The van der Waals surface area contributed by atoms with Crippen LogP contribution in [0.15, 0.2) is 29.4 Å². The van der Waals surface area contributed by atoms with Gasteiger partial charge < -0.3 is 20.4 Å². The van der Waals surface area contributed by atoms with Gasteiger partial charge in [0, 0.05) is 11.5 Å². The molecule has 19 heavy (non-hydrogen) atoms. The van der Waals surface area contributed by atoms with Crippen molar-refractivity contribution in [2.24, 2.45) is 16.3 Å². The van der Waals surface area contributed by atoms with Crippen molar-refractivity contribution in [1.29, 1.82) is 0 Å². The maximum absolute atomic E-state index is 8.69. The highest BCUT2D eigenvalue weighted by Crippen LogP contribution is 2.23. The van der Waals surface area contributed by atoms with Crippen molar-refractivity contribution in [3.63, 3.8) is 0 Å². The molecule has 0 unspecified atom stereocenters. The molecule has 0 bridgehead atoms. The van der Waals surface area contributed by atoms with E-state index in [4.69, 9.17) is 20.4 Å². The number of hydrogen-bond acceptors (Lipinski definition) is 4. The minimum Gasteiger partial charge on any atom is -0.494 e. The SMILES string of the molecule is CCOc1cccc(OCCC(C)(C)C(N)=NO)c1. The van der Waals surface area contributed by atoms with Crippen LogP contribution in [0.25, 0.3) is 0 Å². The molecule has 0 radical (unpaired) electrons. The zero-order valence-electron chi connectivity index (χ0n) is 11.7. The molecule has 0 aliphatic carbocycles. The van der Waals surface area contributed by atoms with Crippen LogP contribution in [0, 0.1) is 5.41 Å². The standard InChI is InChI=1S/C14H22N2O3/c1-4-18-11-6-5-7-12(10-11)19-9-8-14(2,3)13(15)16-17/h5-7,10,17H,4,8-9H2,1-3H3,(H2,15,16). The number of amidine groups is 1. The number of rotatable bonds is 7. The summed E-state index contributed by atoms with van der Waals surface area (Å²) in [5, 5.41) is 11.7. The minimum absolute atomic E-state index is 0.208. The molecular formula is C14H22N2O3. The Morgan fingerprint density at radius 2 is 1.95 bits per heavy atom. The van der Waals surface area contributed by atoms with Crippen LogP contribution in [0.4, 0.5) is 0 Å². The lowest BCUT2D eigenvalue weighted by atomic mass is 9.88. The molecule has 5 nitrogen and oxygen atoms in total. The molecule has 1 rings (SSSR count). The van der Waals surface area contributed by atoms with Crippen LogP contribution >= 0.6 is 0 Å². The molecule has 0 spiro atoms. The van der Waals surface area contributed by atoms with Gasteiger partial charge in [0.05, 0.1) is 13.2 Å². The Balaban J connectivity index is 2.51. The predicted molar refractivity (Wildman–Crippen MR) is 74.9 cm³/mol. The van der Waals surface area contributed by atoms with Crippen LogP contribution in [0.2, 0.25) is 0 Å². The van der Waals surface area contributed by atoms with E-state index in [9.17, 15) is 0 Å². The van der Waals surface area contributed by atoms with Gasteiger partial charge in [-0.1, -0.05) is 25.1 Å². The average Bonchev–Trinajstić information content (AvgIpc) is 2.38. The first-order chi connectivity index (χ1) is 8.99. The molecule has 0 aliphatic heterocycles. The minimum atomic E-state index is -0.397. The molecule has 0 heterocycles. The van der Waals surface area contributed by atoms with E-state index in [1.54, 1.807) is 0 Å². The predicted octanol–water partition coefficient (Wildman–Crippen LogP) is 2.63. The first kappa shape index (κ1) is 15.1. The van der Waals surface area contributed by atoms with Crippen molar-refractivity contribution in [2.45, 2.75) is 27.2 Å². The Hall–Kier alpha value is -1.91. The van der Waals surface area contributed by atoms with E-state index in [0.29, 0.717) is 19.6 Å². The van der Waals surface area contributed by atoms with Gasteiger partial charge in [-0.15, -0.1) is 0 Å². The van der Waals surface area contributed by atoms with E-state index >= 15 is 0 Å². The first-order valence-corrected chi connectivity index (χ1v) is 6.33. The zero-order valence-corrected chi connectivity index (χ0v) is 11.7. The van der Waals surface area contributed by atoms with Crippen LogP contribution in [-0.4, -0.2) is 24.3 Å². The molecule has 1 aromatic carbocycles. The topological polar surface area (TPSA) is 77.1 Å². The van der Waals surface area contributed by atoms with Gasteiger partial charge in [0.2, 0.25) is 0 Å². The molecule has 0 saturated carbocycles. The number of nitrogens with zero attached hydrogens (tertiary/aromatic N) is 1. The lowest BCUT2D eigenvalue weighted by Gasteiger charge is -2.22. The normalized spacial score (nSPS) is 12.3. The quantitative estimate of drug-likeness (QED) is 0.344. The number of oxime groups is 1. The van der Waals surface area contributed by atoms with Gasteiger partial charge in [-0.25, -0.2) is 0 Å². The number of benzene rings is 1. The summed E-state index contributed by atoms with van der Waals surface area (Å²) in [6.45, 7) is 6.86.